The summed E-state index contributed by atoms with van der Waals surface area (Å²) in [4.78, 5) is 65.3. The number of nitrogen functional groups attached to an aromatic ring is 3. The molecule has 21 heteroatoms. The van der Waals surface area contributed by atoms with Crippen molar-refractivity contribution in [3.05, 3.63) is 52.2 Å². The topological polar surface area (TPSA) is 297 Å². The van der Waals surface area contributed by atoms with E-state index in [2.05, 4.69) is 20.4 Å². The van der Waals surface area contributed by atoms with Crippen molar-refractivity contribution in [3.63, 3.8) is 0 Å². The van der Waals surface area contributed by atoms with E-state index in [1.54, 1.807) is 11.6 Å². The number of β-lactam (4-membered cyclic amide) rings is 1. The molecule has 2 aliphatic heterocycles. The van der Waals surface area contributed by atoms with E-state index in [-0.39, 0.29) is 39.4 Å². The van der Waals surface area contributed by atoms with Crippen LogP contribution >= 0.6 is 34.9 Å². The summed E-state index contributed by atoms with van der Waals surface area (Å²) in [6, 6.07) is 3.43. The molecular formula is C26H25N9O9S3. The number of aromatic hydroxyl groups is 2. The van der Waals surface area contributed by atoms with E-state index in [1.807, 2.05) is 0 Å². The summed E-state index contributed by atoms with van der Waals surface area (Å²) in [5.41, 5.74) is 16.7. The van der Waals surface area contributed by atoms with Crippen LogP contribution in [0.15, 0.2) is 51.2 Å². The number of amides is 2. The first-order valence-electron chi connectivity index (χ1n) is 13.2. The summed E-state index contributed by atoms with van der Waals surface area (Å²) >= 11 is 3.32. The van der Waals surface area contributed by atoms with Gasteiger partial charge >= 0.3 is 11.1 Å². The second-order valence-corrected chi connectivity index (χ2v) is 12.9. The number of carbonyl (C=O) groups excluding carboxylic acids is 3. The molecule has 246 valence electrons. The molecule has 0 spiro atoms. The standard InChI is InChI=1S/C26H25N9O9S3/c1-34-15(28)5-14(27)31-26(34)47-7-10-6-45-22-17(21(39)35(22)18(10)23(40)41)32-20(38)16(11-8-46-25(29)30-11)33-44-19(24(42)43)9-2-3-12(36)13(37)4-9/h2-5,8,17,19,22H,6-7H2,1H3,(H10,27,28,29,30,32,33,36,37,38,40,41,42,43)/t17-,19-,22-/m1/s1. The molecule has 3 atom stereocenters. The lowest BCUT2D eigenvalue weighted by Crippen LogP contribution is -2.71. The smallest absolute Gasteiger partial charge is 0.352 e. The number of nitrogens with zero attached hydrogens (tertiary/aromatic N) is 5. The van der Waals surface area contributed by atoms with Crippen LogP contribution < -0.4 is 32.2 Å². The molecule has 1 aromatic carbocycles. The molecule has 0 saturated carbocycles. The molecule has 0 bridgehead atoms. The van der Waals surface area contributed by atoms with Gasteiger partial charge in [0, 0.05) is 22.4 Å². The Morgan fingerprint density at radius 3 is 2.62 bits per heavy atom. The monoisotopic (exact) mass is 703 g/mol. The first kappa shape index (κ1) is 33.1. The summed E-state index contributed by atoms with van der Waals surface area (Å²) in [7, 11) is 1.67. The highest BCUT2D eigenvalue weighted by Crippen LogP contribution is 2.41. The second-order valence-electron chi connectivity index (χ2n) is 9.92. The maximum Gasteiger partial charge on any atom is 0.352 e. The molecule has 4 heterocycles. The Bertz CT molecular complexity index is 1870. The molecule has 1 fully saturated rings. The van der Waals surface area contributed by atoms with E-state index in [0.717, 1.165) is 40.1 Å². The molecule has 47 heavy (non-hydrogen) atoms. The number of phenolic OH excluding ortho intramolecular Hbond substituents is 2. The molecule has 5 rings (SSSR count). The number of nitrogens with two attached hydrogens (primary N) is 3. The largest absolute Gasteiger partial charge is 0.543 e. The Hall–Kier alpha value is -5.28. The number of oxime groups is 1. The highest BCUT2D eigenvalue weighted by molar-refractivity contribution is 8.01. The van der Waals surface area contributed by atoms with Gasteiger partial charge in [-0.2, -0.15) is 0 Å². The Labute approximate surface area is 276 Å². The summed E-state index contributed by atoms with van der Waals surface area (Å²) < 4.78 is 1.57. The summed E-state index contributed by atoms with van der Waals surface area (Å²) in [6.07, 6.45) is -1.83. The first-order valence-corrected chi connectivity index (χ1v) is 16.1. The number of hydrogen-bond donors (Lipinski definition) is 7. The zero-order valence-corrected chi connectivity index (χ0v) is 26.5. The van der Waals surface area contributed by atoms with Crippen molar-refractivity contribution in [1.29, 1.82) is 0 Å². The number of rotatable bonds is 11. The van der Waals surface area contributed by atoms with Gasteiger partial charge in [-0.05, 0) is 29.5 Å². The number of aliphatic carboxylic acids is 2. The SMILES string of the molecule is C[n+]1c(N)cc(N)nc1SCC1=C(C(=O)[O-])N2C(=O)[C@@H](NC(=O)/C(=N\O[C@@H](C(=O)O)c3ccc(O)c(O)c3)c3csc(N)n3)[C@H]2SC1. The predicted octanol–water partition coefficient (Wildman–Crippen LogP) is -1.74. The van der Waals surface area contributed by atoms with Crippen LogP contribution in [0.3, 0.4) is 0 Å². The molecule has 18 nitrogen and oxygen atoms in total. The number of aromatic nitrogens is 3. The first-order chi connectivity index (χ1) is 22.3. The summed E-state index contributed by atoms with van der Waals surface area (Å²) in [6.45, 7) is 0. The molecule has 0 unspecified atom stereocenters. The minimum Gasteiger partial charge on any atom is -0.543 e. The van der Waals surface area contributed by atoms with Crippen LogP contribution in [0.25, 0.3) is 0 Å². The van der Waals surface area contributed by atoms with Crippen molar-refractivity contribution in [3.8, 4) is 11.5 Å². The van der Waals surface area contributed by atoms with Gasteiger partial charge in [0.25, 0.3) is 11.8 Å². The van der Waals surface area contributed by atoms with Crippen LogP contribution in [0, 0.1) is 0 Å². The van der Waals surface area contributed by atoms with Gasteiger partial charge in [0.05, 0.1) is 24.8 Å². The third kappa shape index (κ3) is 6.66. The van der Waals surface area contributed by atoms with E-state index in [0.29, 0.717) is 16.5 Å². The number of thiazole rings is 1. The van der Waals surface area contributed by atoms with E-state index in [9.17, 15) is 39.6 Å². The van der Waals surface area contributed by atoms with Crippen LogP contribution in [-0.4, -0.2) is 82.6 Å². The van der Waals surface area contributed by atoms with Crippen molar-refractivity contribution in [2.45, 2.75) is 22.7 Å². The highest BCUT2D eigenvalue weighted by Gasteiger charge is 2.53. The van der Waals surface area contributed by atoms with Crippen molar-refractivity contribution in [2.24, 2.45) is 12.2 Å². The number of phenols is 2. The maximum atomic E-state index is 13.4. The minimum atomic E-state index is -1.83. The lowest BCUT2D eigenvalue weighted by molar-refractivity contribution is -0.698. The number of anilines is 3. The van der Waals surface area contributed by atoms with Gasteiger partial charge in [-0.25, -0.2) is 14.3 Å². The molecule has 0 aliphatic carbocycles. The van der Waals surface area contributed by atoms with Gasteiger partial charge in [0.15, 0.2) is 22.3 Å². The number of nitrogens with one attached hydrogen (secondary N) is 1. The van der Waals surface area contributed by atoms with Gasteiger partial charge in [0.2, 0.25) is 17.7 Å². The number of carboxylic acid groups (broad SMARTS) is 2. The third-order valence-corrected chi connectivity index (χ3v) is 9.98. The van der Waals surface area contributed by atoms with Gasteiger partial charge in [-0.1, -0.05) is 16.2 Å². The van der Waals surface area contributed by atoms with Crippen molar-refractivity contribution in [1.82, 2.24) is 20.2 Å². The van der Waals surface area contributed by atoms with E-state index < -0.39 is 58.5 Å². The van der Waals surface area contributed by atoms with E-state index in [1.165, 1.54) is 29.3 Å². The fraction of sp³-hybridized carbons (Fsp3) is 0.231. The Balaban J connectivity index is 1.36. The van der Waals surface area contributed by atoms with Crippen LogP contribution in [0.1, 0.15) is 17.4 Å². The Morgan fingerprint density at radius 1 is 1.23 bits per heavy atom. The minimum absolute atomic E-state index is 0.0475. The van der Waals surface area contributed by atoms with Crippen LogP contribution in [0.4, 0.5) is 16.8 Å². The Kier molecular flexibility index (Phi) is 9.31. The molecule has 0 radical (unpaired) electrons. The molecule has 10 N–H and O–H groups in total. The Morgan fingerprint density at radius 2 is 1.98 bits per heavy atom. The lowest BCUT2D eigenvalue weighted by atomic mass is 10.0. The van der Waals surface area contributed by atoms with Gasteiger partial charge < -0.3 is 52.6 Å². The number of benzene rings is 1. The van der Waals surface area contributed by atoms with Gasteiger partial charge in [-0.15, -0.1) is 23.1 Å². The lowest BCUT2D eigenvalue weighted by Gasteiger charge is -2.50. The average molecular weight is 704 g/mol. The van der Waals surface area contributed by atoms with E-state index in [4.69, 9.17) is 22.0 Å². The van der Waals surface area contributed by atoms with Crippen LogP contribution in [0.2, 0.25) is 0 Å². The normalized spacial score (nSPS) is 18.3. The van der Waals surface area contributed by atoms with Gasteiger partial charge in [0.1, 0.15) is 17.1 Å². The highest BCUT2D eigenvalue weighted by atomic mass is 32.2. The maximum absolute atomic E-state index is 13.4. The average Bonchev–Trinajstić information content (AvgIpc) is 3.45. The number of hydrogen-bond acceptors (Lipinski definition) is 17. The molecule has 2 amide bonds. The van der Waals surface area contributed by atoms with Crippen LogP contribution in [-0.2, 0) is 31.1 Å². The molecule has 2 aliphatic rings. The number of carboxylic acids is 2. The molecule has 1 saturated heterocycles. The molecular weight excluding hydrogens is 679 g/mol. The van der Waals surface area contributed by atoms with Crippen LogP contribution in [0.5, 0.6) is 11.5 Å². The number of fused-ring (bicyclic) bond motifs is 1. The van der Waals surface area contributed by atoms with Crippen molar-refractivity contribution >= 4 is 81.1 Å². The van der Waals surface area contributed by atoms with E-state index >= 15 is 0 Å². The summed E-state index contributed by atoms with van der Waals surface area (Å²) in [5, 5.41) is 48.5. The molecule has 3 aromatic rings. The quantitative estimate of drug-likeness (QED) is 0.0222. The fourth-order valence-electron chi connectivity index (χ4n) is 4.51. The van der Waals surface area contributed by atoms with Crippen molar-refractivity contribution < 1.29 is 49.0 Å². The fourth-order valence-corrected chi connectivity index (χ4v) is 7.54. The second kappa shape index (κ2) is 13.2. The van der Waals surface area contributed by atoms with Crippen molar-refractivity contribution in [2.75, 3.05) is 28.7 Å². The number of thioether (sulfide) groups is 2. The third-order valence-electron chi connectivity index (χ3n) is 6.85. The zero-order chi connectivity index (χ0) is 34.2. The summed E-state index contributed by atoms with van der Waals surface area (Å²) in [5.74, 6) is -5.16. The van der Waals surface area contributed by atoms with Gasteiger partial charge in [-0.3, -0.25) is 14.5 Å². The molecule has 2 aromatic heterocycles. The predicted molar refractivity (Wildman–Crippen MR) is 166 cm³/mol. The number of carbonyl (C=O) groups is 4. The zero-order valence-electron chi connectivity index (χ0n) is 24.0.